The van der Waals surface area contributed by atoms with Gasteiger partial charge in [-0.15, -0.1) is 0 Å². The highest BCUT2D eigenvalue weighted by molar-refractivity contribution is 6.46. The minimum Gasteiger partial charge on any atom is -0.507 e. The number of unbranched alkanes of at least 4 members (excludes halogenated alkanes) is 2. The SMILES string of the molecule is CCCCCOc1ccc(C2C(=C(O)c3cccc(OC)c3)C(=O)C(=O)N2CCCN(CC)CC)cc1OC. The molecule has 1 aliphatic heterocycles. The molecule has 0 spiro atoms. The Morgan fingerprint density at radius 2 is 1.72 bits per heavy atom. The molecule has 0 saturated carbocycles. The number of rotatable bonds is 15. The van der Waals surface area contributed by atoms with Crippen LogP contribution in [-0.4, -0.2) is 73.6 Å². The van der Waals surface area contributed by atoms with Gasteiger partial charge in [0.05, 0.1) is 32.4 Å². The lowest BCUT2D eigenvalue weighted by molar-refractivity contribution is -0.140. The zero-order valence-electron chi connectivity index (χ0n) is 23.9. The second-order valence-corrected chi connectivity index (χ2v) is 9.57. The summed E-state index contributed by atoms with van der Waals surface area (Å²) < 4.78 is 16.9. The lowest BCUT2D eigenvalue weighted by atomic mass is 9.95. The van der Waals surface area contributed by atoms with Gasteiger partial charge >= 0.3 is 0 Å². The quantitative estimate of drug-likeness (QED) is 0.140. The minimum absolute atomic E-state index is 0.0507. The molecule has 1 unspecified atom stereocenters. The predicted molar refractivity (Wildman–Crippen MR) is 152 cm³/mol. The molecule has 1 saturated heterocycles. The van der Waals surface area contributed by atoms with Crippen LogP contribution < -0.4 is 14.2 Å². The Balaban J connectivity index is 2.04. The molecular weight excluding hydrogens is 496 g/mol. The normalized spacial score (nSPS) is 16.7. The van der Waals surface area contributed by atoms with Gasteiger partial charge in [0.2, 0.25) is 0 Å². The van der Waals surface area contributed by atoms with Crippen LogP contribution in [-0.2, 0) is 9.59 Å². The highest BCUT2D eigenvalue weighted by atomic mass is 16.5. The van der Waals surface area contributed by atoms with E-state index in [0.29, 0.717) is 47.9 Å². The van der Waals surface area contributed by atoms with Gasteiger partial charge in [-0.2, -0.15) is 0 Å². The average Bonchev–Trinajstić information content (AvgIpc) is 3.22. The van der Waals surface area contributed by atoms with Gasteiger partial charge in [-0.05, 0) is 62.3 Å². The number of carbonyl (C=O) groups excluding carboxylic acids is 2. The molecule has 1 heterocycles. The number of aliphatic hydroxyl groups is 1. The molecule has 0 radical (unpaired) electrons. The van der Waals surface area contributed by atoms with Crippen molar-refractivity contribution in [3.63, 3.8) is 0 Å². The van der Waals surface area contributed by atoms with Crippen molar-refractivity contribution in [1.82, 2.24) is 9.80 Å². The van der Waals surface area contributed by atoms with Gasteiger partial charge in [0, 0.05) is 12.1 Å². The van der Waals surface area contributed by atoms with E-state index >= 15 is 0 Å². The Labute approximate surface area is 232 Å². The van der Waals surface area contributed by atoms with E-state index in [1.807, 2.05) is 12.1 Å². The summed E-state index contributed by atoms with van der Waals surface area (Å²) in [6, 6.07) is 11.5. The molecule has 0 aromatic heterocycles. The molecule has 0 aliphatic carbocycles. The van der Waals surface area contributed by atoms with E-state index in [0.717, 1.165) is 38.9 Å². The molecule has 1 N–H and O–H groups in total. The number of amides is 1. The van der Waals surface area contributed by atoms with E-state index in [1.54, 1.807) is 42.3 Å². The van der Waals surface area contributed by atoms with Gasteiger partial charge in [0.15, 0.2) is 11.5 Å². The number of nitrogens with zero attached hydrogens (tertiary/aromatic N) is 2. The maximum absolute atomic E-state index is 13.4. The Kier molecular flexibility index (Phi) is 11.2. The number of ketones is 1. The van der Waals surface area contributed by atoms with Crippen molar-refractivity contribution >= 4 is 17.4 Å². The Hall–Kier alpha value is -3.52. The molecular formula is C31H42N2O6. The van der Waals surface area contributed by atoms with Crippen LogP contribution in [0.25, 0.3) is 5.76 Å². The van der Waals surface area contributed by atoms with Crippen molar-refractivity contribution < 1.29 is 28.9 Å². The van der Waals surface area contributed by atoms with Gasteiger partial charge in [0.1, 0.15) is 11.5 Å². The second-order valence-electron chi connectivity index (χ2n) is 9.57. The summed E-state index contributed by atoms with van der Waals surface area (Å²) in [5.41, 5.74) is 1.12. The molecule has 2 aromatic rings. The number of carbonyl (C=O) groups is 2. The third kappa shape index (κ3) is 7.12. The fourth-order valence-electron chi connectivity index (χ4n) is 4.90. The number of benzene rings is 2. The maximum Gasteiger partial charge on any atom is 0.295 e. The predicted octanol–water partition coefficient (Wildman–Crippen LogP) is 5.43. The zero-order chi connectivity index (χ0) is 28.4. The smallest absolute Gasteiger partial charge is 0.295 e. The summed E-state index contributed by atoms with van der Waals surface area (Å²) in [5.74, 6) is 0.0882. The Morgan fingerprint density at radius 3 is 2.38 bits per heavy atom. The largest absolute Gasteiger partial charge is 0.507 e. The minimum atomic E-state index is -0.768. The molecule has 1 aliphatic rings. The highest BCUT2D eigenvalue weighted by Crippen LogP contribution is 2.42. The molecule has 1 fully saturated rings. The number of aliphatic hydroxyl groups excluding tert-OH is 1. The first-order valence-electron chi connectivity index (χ1n) is 13.9. The number of likely N-dealkylation sites (tertiary alicyclic amines) is 1. The lowest BCUT2D eigenvalue weighted by Gasteiger charge is -2.27. The molecule has 8 heteroatoms. The van der Waals surface area contributed by atoms with Crippen LogP contribution in [0.3, 0.4) is 0 Å². The van der Waals surface area contributed by atoms with Crippen LogP contribution in [0.1, 0.15) is 63.6 Å². The molecule has 39 heavy (non-hydrogen) atoms. The van der Waals surface area contributed by atoms with E-state index in [-0.39, 0.29) is 11.3 Å². The van der Waals surface area contributed by atoms with Crippen molar-refractivity contribution in [2.75, 3.05) is 47.0 Å². The Bertz CT molecular complexity index is 1160. The van der Waals surface area contributed by atoms with Crippen molar-refractivity contribution in [1.29, 1.82) is 0 Å². The highest BCUT2D eigenvalue weighted by Gasteiger charge is 2.46. The summed E-state index contributed by atoms with van der Waals surface area (Å²) in [6.45, 7) is 9.90. The van der Waals surface area contributed by atoms with Crippen LogP contribution >= 0.6 is 0 Å². The van der Waals surface area contributed by atoms with Crippen LogP contribution in [0.5, 0.6) is 17.2 Å². The van der Waals surface area contributed by atoms with Crippen molar-refractivity contribution in [3.8, 4) is 17.2 Å². The topological polar surface area (TPSA) is 88.5 Å². The first-order valence-corrected chi connectivity index (χ1v) is 13.9. The molecule has 0 bridgehead atoms. The second kappa shape index (κ2) is 14.6. The van der Waals surface area contributed by atoms with Crippen LogP contribution in [0.15, 0.2) is 48.0 Å². The number of Topliss-reactive ketones (excluding diaryl/α,β-unsaturated/α-hetero) is 1. The van der Waals surface area contributed by atoms with E-state index in [4.69, 9.17) is 14.2 Å². The first-order chi connectivity index (χ1) is 18.9. The third-order valence-corrected chi connectivity index (χ3v) is 7.16. The zero-order valence-corrected chi connectivity index (χ0v) is 23.9. The van der Waals surface area contributed by atoms with E-state index < -0.39 is 17.7 Å². The summed E-state index contributed by atoms with van der Waals surface area (Å²) in [5, 5.41) is 11.4. The van der Waals surface area contributed by atoms with Crippen LogP contribution in [0.2, 0.25) is 0 Å². The maximum atomic E-state index is 13.4. The van der Waals surface area contributed by atoms with Crippen molar-refractivity contribution in [2.45, 2.75) is 52.5 Å². The fourth-order valence-corrected chi connectivity index (χ4v) is 4.90. The van der Waals surface area contributed by atoms with Gasteiger partial charge in [-0.25, -0.2) is 0 Å². The summed E-state index contributed by atoms with van der Waals surface area (Å²) in [7, 11) is 3.10. The van der Waals surface area contributed by atoms with Crippen molar-refractivity contribution in [3.05, 3.63) is 59.2 Å². The molecule has 212 valence electrons. The lowest BCUT2D eigenvalue weighted by Crippen LogP contribution is -2.33. The van der Waals surface area contributed by atoms with Crippen molar-refractivity contribution in [2.24, 2.45) is 0 Å². The monoisotopic (exact) mass is 538 g/mol. The van der Waals surface area contributed by atoms with Crippen LogP contribution in [0.4, 0.5) is 0 Å². The van der Waals surface area contributed by atoms with Gasteiger partial charge in [-0.1, -0.05) is 51.8 Å². The van der Waals surface area contributed by atoms with E-state index in [2.05, 4.69) is 25.7 Å². The third-order valence-electron chi connectivity index (χ3n) is 7.16. The standard InChI is InChI=1S/C31H42N2O6/c1-6-9-10-19-39-25-16-15-22(21-26(25)38-5)28-27(29(34)23-13-11-14-24(20-23)37-4)30(35)31(36)33(28)18-12-17-32(7-2)8-3/h11,13-16,20-21,28,34H,6-10,12,17-19H2,1-5H3. The molecule has 1 amide bonds. The van der Waals surface area contributed by atoms with Gasteiger partial charge < -0.3 is 29.1 Å². The molecule has 3 rings (SSSR count). The fraction of sp³-hybridized carbons (Fsp3) is 0.484. The number of hydrogen-bond donors (Lipinski definition) is 1. The number of methoxy groups -OCH3 is 2. The summed E-state index contributed by atoms with van der Waals surface area (Å²) in [4.78, 5) is 30.6. The van der Waals surface area contributed by atoms with Crippen LogP contribution in [0, 0.1) is 0 Å². The average molecular weight is 539 g/mol. The summed E-state index contributed by atoms with van der Waals surface area (Å²) >= 11 is 0. The molecule has 2 aromatic carbocycles. The number of ether oxygens (including phenoxy) is 3. The van der Waals surface area contributed by atoms with E-state index in [9.17, 15) is 14.7 Å². The van der Waals surface area contributed by atoms with Gasteiger partial charge in [0.25, 0.3) is 11.7 Å². The summed E-state index contributed by atoms with van der Waals surface area (Å²) in [6.07, 6.45) is 3.81. The first kappa shape index (κ1) is 30.0. The van der Waals surface area contributed by atoms with E-state index in [1.165, 1.54) is 7.11 Å². The Morgan fingerprint density at radius 1 is 0.949 bits per heavy atom. The molecule has 8 nitrogen and oxygen atoms in total. The van der Waals surface area contributed by atoms with Gasteiger partial charge in [-0.3, -0.25) is 9.59 Å². The molecule has 1 atom stereocenters. The number of hydrogen-bond acceptors (Lipinski definition) is 7.